The fourth-order valence-corrected chi connectivity index (χ4v) is 4.21. The Morgan fingerprint density at radius 3 is 2.29 bits per heavy atom. The molecule has 0 fully saturated rings. The molecule has 0 saturated heterocycles. The van der Waals surface area contributed by atoms with Crippen molar-refractivity contribution in [3.63, 3.8) is 0 Å². The number of amides is 1. The van der Waals surface area contributed by atoms with Crippen LogP contribution in [0.4, 0.5) is 0 Å². The normalized spacial score (nSPS) is 10.9. The Bertz CT molecular complexity index is 1100. The van der Waals surface area contributed by atoms with Crippen LogP contribution in [0.1, 0.15) is 29.7 Å². The van der Waals surface area contributed by atoms with Gasteiger partial charge in [-0.3, -0.25) is 4.79 Å². The molecule has 2 aromatic carbocycles. The van der Waals surface area contributed by atoms with Crippen molar-refractivity contribution in [2.24, 2.45) is 5.73 Å². The molecule has 3 N–H and O–H groups in total. The van der Waals surface area contributed by atoms with Gasteiger partial charge in [0.05, 0.1) is 28.4 Å². The number of H-pyrrole nitrogens is 1. The summed E-state index contributed by atoms with van der Waals surface area (Å²) < 4.78 is 21.8. The second-order valence-corrected chi connectivity index (χ2v) is 8.13. The molecule has 8 nitrogen and oxygen atoms in total. The molecule has 1 amide bonds. The second kappa shape index (κ2) is 11.7. The van der Waals surface area contributed by atoms with E-state index in [1.165, 1.54) is 5.56 Å². The van der Waals surface area contributed by atoms with Gasteiger partial charge in [0.25, 0.3) is 0 Å². The molecule has 1 aromatic heterocycles. The molecule has 184 valence electrons. The van der Waals surface area contributed by atoms with Crippen LogP contribution in [0.2, 0.25) is 0 Å². The number of hydrogen-bond acceptors (Lipinski definition) is 6. The van der Waals surface area contributed by atoms with Crippen LogP contribution in [0.25, 0.3) is 10.9 Å². The standard InChI is InChI=1S/C26H35N3O5/c1-17-20(21-15-19(31-2)8-9-22(21)28-17)10-12-29(25(30)7-6-11-27)16-18-13-23(32-3)26(34-5)24(14-18)33-4/h8-9,13-15,28H,6-7,10-12,16,27H2,1-5H3. The number of hydrogen-bond donors (Lipinski definition) is 2. The molecule has 0 bridgehead atoms. The quantitative estimate of drug-likeness (QED) is 0.418. The summed E-state index contributed by atoms with van der Waals surface area (Å²) in [5.74, 6) is 2.52. The molecule has 0 spiro atoms. The average molecular weight is 470 g/mol. The van der Waals surface area contributed by atoms with Crippen molar-refractivity contribution in [1.82, 2.24) is 9.88 Å². The molecule has 8 heteroatoms. The maximum absolute atomic E-state index is 13.1. The fourth-order valence-electron chi connectivity index (χ4n) is 4.21. The number of aromatic amines is 1. The molecular formula is C26H35N3O5. The molecule has 1 heterocycles. The van der Waals surface area contributed by atoms with Crippen LogP contribution in [-0.4, -0.2) is 57.3 Å². The molecule has 0 aliphatic heterocycles. The molecule has 3 aromatic rings. The first-order valence-electron chi connectivity index (χ1n) is 11.4. The number of rotatable bonds is 12. The van der Waals surface area contributed by atoms with Crippen molar-refractivity contribution in [3.05, 3.63) is 47.2 Å². The Kier molecular flexibility index (Phi) is 8.65. The monoisotopic (exact) mass is 469 g/mol. The summed E-state index contributed by atoms with van der Waals surface area (Å²) in [5, 5.41) is 1.11. The minimum Gasteiger partial charge on any atom is -0.497 e. The van der Waals surface area contributed by atoms with E-state index in [0.29, 0.717) is 56.1 Å². The highest BCUT2D eigenvalue weighted by Gasteiger charge is 2.19. The lowest BCUT2D eigenvalue weighted by Crippen LogP contribution is -2.32. The van der Waals surface area contributed by atoms with Gasteiger partial charge < -0.3 is 34.6 Å². The van der Waals surface area contributed by atoms with E-state index in [-0.39, 0.29) is 5.91 Å². The molecule has 0 aliphatic carbocycles. The smallest absolute Gasteiger partial charge is 0.222 e. The number of nitrogens with one attached hydrogen (secondary N) is 1. The highest BCUT2D eigenvalue weighted by molar-refractivity contribution is 5.86. The number of carbonyl (C=O) groups excluding carboxylic acids is 1. The summed E-state index contributed by atoms with van der Waals surface area (Å²) in [6.45, 7) is 3.52. The fraction of sp³-hybridized carbons (Fsp3) is 0.423. The number of methoxy groups -OCH3 is 4. The summed E-state index contributed by atoms with van der Waals surface area (Å²) >= 11 is 0. The van der Waals surface area contributed by atoms with Gasteiger partial charge in [0, 0.05) is 36.1 Å². The largest absolute Gasteiger partial charge is 0.497 e. The van der Waals surface area contributed by atoms with Gasteiger partial charge in [-0.05, 0) is 67.8 Å². The summed E-state index contributed by atoms with van der Waals surface area (Å²) in [4.78, 5) is 18.4. The summed E-state index contributed by atoms with van der Waals surface area (Å²) in [7, 11) is 6.40. The van der Waals surface area contributed by atoms with Crippen LogP contribution >= 0.6 is 0 Å². The minimum atomic E-state index is 0.0641. The van der Waals surface area contributed by atoms with Gasteiger partial charge in [0.2, 0.25) is 11.7 Å². The van der Waals surface area contributed by atoms with Crippen molar-refractivity contribution in [3.8, 4) is 23.0 Å². The van der Waals surface area contributed by atoms with E-state index in [9.17, 15) is 4.79 Å². The van der Waals surface area contributed by atoms with Gasteiger partial charge in [-0.15, -0.1) is 0 Å². The van der Waals surface area contributed by atoms with Crippen molar-refractivity contribution in [2.75, 3.05) is 41.5 Å². The maximum atomic E-state index is 13.1. The van der Waals surface area contributed by atoms with Crippen LogP contribution in [0.3, 0.4) is 0 Å². The van der Waals surface area contributed by atoms with Gasteiger partial charge in [0.15, 0.2) is 11.5 Å². The van der Waals surface area contributed by atoms with E-state index in [2.05, 4.69) is 11.9 Å². The Morgan fingerprint density at radius 1 is 1.00 bits per heavy atom. The van der Waals surface area contributed by atoms with E-state index in [1.807, 2.05) is 35.2 Å². The van der Waals surface area contributed by atoms with E-state index in [4.69, 9.17) is 24.7 Å². The van der Waals surface area contributed by atoms with Crippen molar-refractivity contribution >= 4 is 16.8 Å². The first-order chi connectivity index (χ1) is 16.4. The third kappa shape index (κ3) is 5.56. The molecule has 0 aliphatic rings. The first-order valence-corrected chi connectivity index (χ1v) is 11.4. The zero-order chi connectivity index (χ0) is 24.7. The Morgan fingerprint density at radius 2 is 1.71 bits per heavy atom. The number of fused-ring (bicyclic) bond motifs is 1. The number of nitrogens with two attached hydrogens (primary N) is 1. The SMILES string of the molecule is COc1ccc2[nH]c(C)c(CCN(Cc3cc(OC)c(OC)c(OC)c3)C(=O)CCCN)c2c1. The predicted molar refractivity (Wildman–Crippen MR) is 133 cm³/mol. The molecule has 0 unspecified atom stereocenters. The Labute approximate surface area is 200 Å². The molecular weight excluding hydrogens is 434 g/mol. The van der Waals surface area contributed by atoms with Gasteiger partial charge in [-0.25, -0.2) is 0 Å². The molecule has 0 saturated carbocycles. The number of carbonyl (C=O) groups is 1. The van der Waals surface area contributed by atoms with Gasteiger partial charge in [-0.1, -0.05) is 0 Å². The molecule has 3 rings (SSSR count). The number of ether oxygens (including phenoxy) is 4. The lowest BCUT2D eigenvalue weighted by atomic mass is 10.1. The van der Waals surface area contributed by atoms with E-state index < -0.39 is 0 Å². The van der Waals surface area contributed by atoms with Crippen molar-refractivity contribution in [2.45, 2.75) is 32.7 Å². The Hall–Kier alpha value is -3.39. The van der Waals surface area contributed by atoms with Crippen LogP contribution < -0.4 is 24.7 Å². The average Bonchev–Trinajstić information content (AvgIpc) is 3.17. The van der Waals surface area contributed by atoms with Gasteiger partial charge >= 0.3 is 0 Å². The summed E-state index contributed by atoms with van der Waals surface area (Å²) in [6.07, 6.45) is 1.76. The molecule has 0 atom stereocenters. The van der Waals surface area contributed by atoms with Gasteiger partial charge in [0.1, 0.15) is 5.75 Å². The van der Waals surface area contributed by atoms with E-state index >= 15 is 0 Å². The topological polar surface area (TPSA) is 99.0 Å². The minimum absolute atomic E-state index is 0.0641. The van der Waals surface area contributed by atoms with Crippen molar-refractivity contribution in [1.29, 1.82) is 0 Å². The number of aromatic nitrogens is 1. The van der Waals surface area contributed by atoms with Crippen LogP contribution in [-0.2, 0) is 17.8 Å². The summed E-state index contributed by atoms with van der Waals surface area (Å²) in [6, 6.07) is 9.76. The van der Waals surface area contributed by atoms with Gasteiger partial charge in [-0.2, -0.15) is 0 Å². The van der Waals surface area contributed by atoms with E-state index in [0.717, 1.165) is 27.9 Å². The molecule has 0 radical (unpaired) electrons. The zero-order valence-electron chi connectivity index (χ0n) is 20.7. The lowest BCUT2D eigenvalue weighted by Gasteiger charge is -2.24. The summed E-state index contributed by atoms with van der Waals surface area (Å²) in [5.41, 5.74) is 9.88. The predicted octanol–water partition coefficient (Wildman–Crippen LogP) is 3.82. The number of nitrogens with zero attached hydrogens (tertiary/aromatic N) is 1. The number of aryl methyl sites for hydroxylation is 1. The van der Waals surface area contributed by atoms with Crippen LogP contribution in [0.5, 0.6) is 23.0 Å². The van der Waals surface area contributed by atoms with Crippen LogP contribution in [0, 0.1) is 6.92 Å². The highest BCUT2D eigenvalue weighted by Crippen LogP contribution is 2.38. The second-order valence-electron chi connectivity index (χ2n) is 8.13. The third-order valence-corrected chi connectivity index (χ3v) is 6.00. The van der Waals surface area contributed by atoms with E-state index in [1.54, 1.807) is 28.4 Å². The first kappa shape index (κ1) is 25.2. The molecule has 34 heavy (non-hydrogen) atoms. The van der Waals surface area contributed by atoms with Crippen LogP contribution in [0.15, 0.2) is 30.3 Å². The third-order valence-electron chi connectivity index (χ3n) is 6.00. The van der Waals surface area contributed by atoms with Crippen molar-refractivity contribution < 1.29 is 23.7 Å². The Balaban J connectivity index is 1.89. The zero-order valence-corrected chi connectivity index (χ0v) is 20.7. The highest BCUT2D eigenvalue weighted by atomic mass is 16.5. The number of benzene rings is 2. The lowest BCUT2D eigenvalue weighted by molar-refractivity contribution is -0.131. The maximum Gasteiger partial charge on any atom is 0.222 e.